The van der Waals surface area contributed by atoms with Crippen LogP contribution < -0.4 is 10.6 Å². The lowest BCUT2D eigenvalue weighted by Crippen LogP contribution is -2.23. The highest BCUT2D eigenvalue weighted by Crippen LogP contribution is 2.23. The van der Waals surface area contributed by atoms with Crippen molar-refractivity contribution in [2.24, 2.45) is 0 Å². The molecule has 0 atom stereocenters. The molecule has 0 spiro atoms. The topological polar surface area (TPSA) is 41.1 Å². The highest BCUT2D eigenvalue weighted by Gasteiger charge is 2.15. The number of carbonyl (C=O) groups excluding carboxylic acids is 1. The second-order valence-electron chi connectivity index (χ2n) is 5.37. The van der Waals surface area contributed by atoms with Crippen LogP contribution in [0.4, 0.5) is 24.5 Å². The number of halogens is 3. The molecule has 0 aliphatic rings. The molecular formula is C17H17F3N2O. The van der Waals surface area contributed by atoms with Crippen LogP contribution in [0.1, 0.15) is 25.3 Å². The van der Waals surface area contributed by atoms with Crippen molar-refractivity contribution in [2.45, 2.75) is 19.8 Å². The van der Waals surface area contributed by atoms with E-state index in [0.717, 1.165) is 23.4 Å². The van der Waals surface area contributed by atoms with E-state index in [9.17, 15) is 18.0 Å². The lowest BCUT2D eigenvalue weighted by molar-refractivity contribution is -0.114. The summed E-state index contributed by atoms with van der Waals surface area (Å²) in [5.41, 5.74) is 1.44. The van der Waals surface area contributed by atoms with Gasteiger partial charge in [-0.3, -0.25) is 4.79 Å². The molecule has 2 N–H and O–H groups in total. The molecule has 3 nitrogen and oxygen atoms in total. The Labute approximate surface area is 132 Å². The third-order valence-corrected chi connectivity index (χ3v) is 3.33. The number of anilines is 2. The Morgan fingerprint density at radius 2 is 1.70 bits per heavy atom. The molecule has 1 amide bonds. The van der Waals surface area contributed by atoms with Crippen LogP contribution in [0.5, 0.6) is 0 Å². The summed E-state index contributed by atoms with van der Waals surface area (Å²) in [6.07, 6.45) is 0. The summed E-state index contributed by atoms with van der Waals surface area (Å²) in [5, 5.41) is 5.17. The summed E-state index contributed by atoms with van der Waals surface area (Å²) in [4.78, 5) is 11.9. The van der Waals surface area contributed by atoms with E-state index in [1.165, 1.54) is 0 Å². The number of benzene rings is 2. The van der Waals surface area contributed by atoms with Crippen LogP contribution in [0.3, 0.4) is 0 Å². The minimum atomic E-state index is -1.61. The van der Waals surface area contributed by atoms with Crippen molar-refractivity contribution in [1.82, 2.24) is 0 Å². The standard InChI is InChI=1S/C17H17F3N2O/c1-10(2)11-5-3-4-6-13(11)21-9-15(23)22-14-8-7-12(18)16(19)17(14)20/h3-8,10,21H,9H2,1-2H3,(H,22,23). The fourth-order valence-electron chi connectivity index (χ4n) is 2.15. The minimum Gasteiger partial charge on any atom is -0.376 e. The second-order valence-corrected chi connectivity index (χ2v) is 5.37. The first-order valence-corrected chi connectivity index (χ1v) is 7.16. The van der Waals surface area contributed by atoms with E-state index in [2.05, 4.69) is 10.6 Å². The Morgan fingerprint density at radius 3 is 2.39 bits per heavy atom. The van der Waals surface area contributed by atoms with Crippen LogP contribution in [-0.2, 0) is 4.79 Å². The van der Waals surface area contributed by atoms with Crippen LogP contribution in [0.2, 0.25) is 0 Å². The number of hydrogen-bond acceptors (Lipinski definition) is 2. The molecule has 0 aliphatic heterocycles. The first-order valence-electron chi connectivity index (χ1n) is 7.16. The highest BCUT2D eigenvalue weighted by atomic mass is 19.2. The van der Waals surface area contributed by atoms with Crippen LogP contribution in [0.15, 0.2) is 36.4 Å². The van der Waals surface area contributed by atoms with Crippen LogP contribution in [-0.4, -0.2) is 12.5 Å². The average Bonchev–Trinajstić information content (AvgIpc) is 2.53. The van der Waals surface area contributed by atoms with Gasteiger partial charge in [-0.1, -0.05) is 32.0 Å². The largest absolute Gasteiger partial charge is 0.376 e. The van der Waals surface area contributed by atoms with Gasteiger partial charge in [0.25, 0.3) is 0 Å². The number of carbonyl (C=O) groups is 1. The zero-order valence-corrected chi connectivity index (χ0v) is 12.8. The van der Waals surface area contributed by atoms with Crippen molar-refractivity contribution in [3.05, 3.63) is 59.4 Å². The number of para-hydroxylation sites is 1. The van der Waals surface area contributed by atoms with Gasteiger partial charge in [0.1, 0.15) is 0 Å². The van der Waals surface area contributed by atoms with Crippen LogP contribution in [0, 0.1) is 17.5 Å². The summed E-state index contributed by atoms with van der Waals surface area (Å²) in [5.74, 6) is -4.62. The number of hydrogen-bond donors (Lipinski definition) is 2. The van der Waals surface area contributed by atoms with Gasteiger partial charge in [0.15, 0.2) is 17.5 Å². The minimum absolute atomic E-state index is 0.123. The van der Waals surface area contributed by atoms with E-state index in [-0.39, 0.29) is 12.5 Å². The molecule has 2 rings (SSSR count). The van der Waals surface area contributed by atoms with Crippen LogP contribution in [0.25, 0.3) is 0 Å². The van der Waals surface area contributed by atoms with Crippen molar-refractivity contribution in [3.8, 4) is 0 Å². The molecule has 0 aromatic heterocycles. The second kappa shape index (κ2) is 7.17. The van der Waals surface area contributed by atoms with E-state index < -0.39 is 29.0 Å². The maximum atomic E-state index is 13.5. The molecule has 0 radical (unpaired) electrons. The molecule has 0 heterocycles. The van der Waals surface area contributed by atoms with Crippen molar-refractivity contribution in [1.29, 1.82) is 0 Å². The zero-order chi connectivity index (χ0) is 17.0. The monoisotopic (exact) mass is 322 g/mol. The lowest BCUT2D eigenvalue weighted by atomic mass is 10.0. The molecule has 0 saturated heterocycles. The smallest absolute Gasteiger partial charge is 0.243 e. The summed E-state index contributed by atoms with van der Waals surface area (Å²) >= 11 is 0. The van der Waals surface area contributed by atoms with E-state index in [0.29, 0.717) is 0 Å². The van der Waals surface area contributed by atoms with E-state index in [1.54, 1.807) is 0 Å². The van der Waals surface area contributed by atoms with Crippen molar-refractivity contribution in [2.75, 3.05) is 17.2 Å². The molecule has 0 fully saturated rings. The summed E-state index contributed by atoms with van der Waals surface area (Å²) in [6.45, 7) is 3.93. The molecular weight excluding hydrogens is 305 g/mol. The third-order valence-electron chi connectivity index (χ3n) is 3.33. The van der Waals surface area contributed by atoms with Gasteiger partial charge in [-0.25, -0.2) is 13.2 Å². The molecule has 2 aromatic rings. The third kappa shape index (κ3) is 4.03. The van der Waals surface area contributed by atoms with Crippen molar-refractivity contribution < 1.29 is 18.0 Å². The van der Waals surface area contributed by atoms with Gasteiger partial charge in [-0.05, 0) is 29.7 Å². The first-order chi connectivity index (χ1) is 10.9. The van der Waals surface area contributed by atoms with Gasteiger partial charge < -0.3 is 10.6 Å². The number of rotatable bonds is 5. The maximum Gasteiger partial charge on any atom is 0.243 e. The Hall–Kier alpha value is -2.50. The van der Waals surface area contributed by atoms with Gasteiger partial charge in [-0.2, -0.15) is 0 Å². The highest BCUT2D eigenvalue weighted by molar-refractivity contribution is 5.94. The average molecular weight is 322 g/mol. The maximum absolute atomic E-state index is 13.5. The van der Waals surface area contributed by atoms with Gasteiger partial charge in [0.2, 0.25) is 5.91 Å². The SMILES string of the molecule is CC(C)c1ccccc1NCC(=O)Nc1ccc(F)c(F)c1F. The van der Waals surface area contributed by atoms with E-state index in [1.807, 2.05) is 38.1 Å². The molecule has 0 saturated carbocycles. The van der Waals surface area contributed by atoms with Crippen molar-refractivity contribution >= 4 is 17.3 Å². The molecule has 0 bridgehead atoms. The zero-order valence-electron chi connectivity index (χ0n) is 12.8. The van der Waals surface area contributed by atoms with Gasteiger partial charge in [0.05, 0.1) is 12.2 Å². The first kappa shape index (κ1) is 16.9. The van der Waals surface area contributed by atoms with Gasteiger partial charge >= 0.3 is 0 Å². The molecule has 23 heavy (non-hydrogen) atoms. The lowest BCUT2D eigenvalue weighted by Gasteiger charge is -2.14. The van der Waals surface area contributed by atoms with Gasteiger partial charge in [0, 0.05) is 5.69 Å². The van der Waals surface area contributed by atoms with E-state index >= 15 is 0 Å². The fraction of sp³-hybridized carbons (Fsp3) is 0.235. The number of amides is 1. The summed E-state index contributed by atoms with van der Waals surface area (Å²) in [7, 11) is 0. The molecule has 122 valence electrons. The molecule has 2 aromatic carbocycles. The summed E-state index contributed by atoms with van der Waals surface area (Å²) < 4.78 is 39.5. The van der Waals surface area contributed by atoms with Crippen LogP contribution >= 0.6 is 0 Å². The Kier molecular flexibility index (Phi) is 5.26. The predicted molar refractivity (Wildman–Crippen MR) is 84.0 cm³/mol. The predicted octanol–water partition coefficient (Wildman–Crippen LogP) is 4.28. The van der Waals surface area contributed by atoms with Crippen molar-refractivity contribution in [3.63, 3.8) is 0 Å². The fourth-order valence-corrected chi connectivity index (χ4v) is 2.15. The van der Waals surface area contributed by atoms with E-state index in [4.69, 9.17) is 0 Å². The molecule has 0 unspecified atom stereocenters. The Bertz CT molecular complexity index is 717. The van der Waals surface area contributed by atoms with Gasteiger partial charge in [-0.15, -0.1) is 0 Å². The molecule has 6 heteroatoms. The molecule has 0 aliphatic carbocycles. The summed E-state index contributed by atoms with van der Waals surface area (Å²) in [6, 6.07) is 9.25. The normalized spacial score (nSPS) is 10.7. The quantitative estimate of drug-likeness (QED) is 0.807. The Balaban J connectivity index is 2.03. The Morgan fingerprint density at radius 1 is 1.00 bits per heavy atom. The number of nitrogens with one attached hydrogen (secondary N) is 2.